The topological polar surface area (TPSA) is 69.0 Å². The molecule has 0 fully saturated rings. The number of ether oxygens (including phenoxy) is 1. The first-order valence-electron chi connectivity index (χ1n) is 8.22. The van der Waals surface area contributed by atoms with Gasteiger partial charge in [0.25, 0.3) is 0 Å². The fourth-order valence-corrected chi connectivity index (χ4v) is 3.29. The second-order valence-electron chi connectivity index (χ2n) is 5.87. The van der Waals surface area contributed by atoms with Gasteiger partial charge in [-0.05, 0) is 37.6 Å². The highest BCUT2D eigenvalue weighted by molar-refractivity contribution is 5.94. The van der Waals surface area contributed by atoms with E-state index in [0.29, 0.717) is 18.1 Å². The molecule has 4 rings (SSSR count). The standard InChI is InChI=1S/C19H18N4O2/c1-3-25-18(24)16-12(2)21-19-22-14-8-4-5-9-15(14)23(19)17(16)13-7-6-10-20-11-13/h4-11,17H,3H2,1-2H3,(H,21,22)/t17-/m1/s1. The summed E-state index contributed by atoms with van der Waals surface area (Å²) in [5.41, 5.74) is 4.06. The summed E-state index contributed by atoms with van der Waals surface area (Å²) in [5.74, 6) is 0.380. The Morgan fingerprint density at radius 3 is 2.88 bits per heavy atom. The Bertz CT molecular complexity index is 976. The van der Waals surface area contributed by atoms with Crippen molar-refractivity contribution in [2.24, 2.45) is 0 Å². The summed E-state index contributed by atoms with van der Waals surface area (Å²) in [5, 5.41) is 3.25. The van der Waals surface area contributed by atoms with Crippen molar-refractivity contribution in [2.75, 3.05) is 11.9 Å². The Labute approximate surface area is 145 Å². The number of allylic oxidation sites excluding steroid dienone is 1. The molecule has 3 heterocycles. The van der Waals surface area contributed by atoms with E-state index in [-0.39, 0.29) is 12.0 Å². The molecule has 0 unspecified atom stereocenters. The molecule has 6 heteroatoms. The molecule has 1 aromatic carbocycles. The molecule has 0 radical (unpaired) electrons. The van der Waals surface area contributed by atoms with Crippen molar-refractivity contribution < 1.29 is 9.53 Å². The molecule has 6 nitrogen and oxygen atoms in total. The van der Waals surface area contributed by atoms with E-state index in [4.69, 9.17) is 4.74 Å². The summed E-state index contributed by atoms with van der Waals surface area (Å²) < 4.78 is 7.35. The largest absolute Gasteiger partial charge is 0.463 e. The number of pyridine rings is 1. The number of imidazole rings is 1. The molecule has 0 saturated carbocycles. The van der Waals surface area contributed by atoms with Crippen LogP contribution in [0, 0.1) is 0 Å². The van der Waals surface area contributed by atoms with Crippen molar-refractivity contribution in [2.45, 2.75) is 19.9 Å². The number of para-hydroxylation sites is 2. The lowest BCUT2D eigenvalue weighted by Gasteiger charge is -2.29. The van der Waals surface area contributed by atoms with Gasteiger partial charge in [0.15, 0.2) is 0 Å². The molecular weight excluding hydrogens is 316 g/mol. The van der Waals surface area contributed by atoms with Crippen LogP contribution in [0.4, 0.5) is 5.95 Å². The third kappa shape index (κ3) is 2.46. The van der Waals surface area contributed by atoms with E-state index in [0.717, 1.165) is 22.3 Å². The molecule has 0 saturated heterocycles. The lowest BCUT2D eigenvalue weighted by atomic mass is 9.96. The van der Waals surface area contributed by atoms with E-state index in [1.165, 1.54) is 0 Å². The number of anilines is 1. The average molecular weight is 334 g/mol. The fraction of sp³-hybridized carbons (Fsp3) is 0.211. The van der Waals surface area contributed by atoms with E-state index in [1.54, 1.807) is 19.3 Å². The molecule has 3 aromatic rings. The van der Waals surface area contributed by atoms with Crippen LogP contribution in [0.2, 0.25) is 0 Å². The van der Waals surface area contributed by atoms with Crippen molar-refractivity contribution >= 4 is 23.0 Å². The van der Waals surface area contributed by atoms with Crippen LogP contribution in [-0.2, 0) is 9.53 Å². The number of rotatable bonds is 3. The van der Waals surface area contributed by atoms with Crippen LogP contribution in [0.25, 0.3) is 11.0 Å². The van der Waals surface area contributed by atoms with Crippen LogP contribution < -0.4 is 5.32 Å². The van der Waals surface area contributed by atoms with Crippen molar-refractivity contribution in [1.29, 1.82) is 0 Å². The van der Waals surface area contributed by atoms with Gasteiger partial charge in [-0.2, -0.15) is 0 Å². The SMILES string of the molecule is CCOC(=O)C1=C(C)Nc2nc3ccccc3n2[C@@H]1c1cccnc1. The fourth-order valence-electron chi connectivity index (χ4n) is 3.29. The molecule has 0 bridgehead atoms. The zero-order valence-corrected chi connectivity index (χ0v) is 14.1. The van der Waals surface area contributed by atoms with E-state index < -0.39 is 0 Å². The van der Waals surface area contributed by atoms with E-state index in [2.05, 4.69) is 15.3 Å². The number of aromatic nitrogens is 3. The van der Waals surface area contributed by atoms with Gasteiger partial charge in [0.2, 0.25) is 5.95 Å². The quantitative estimate of drug-likeness (QED) is 0.745. The minimum atomic E-state index is -0.337. The first-order chi connectivity index (χ1) is 12.2. The summed E-state index contributed by atoms with van der Waals surface area (Å²) in [4.78, 5) is 21.6. The predicted octanol–water partition coefficient (Wildman–Crippen LogP) is 3.28. The zero-order chi connectivity index (χ0) is 17.4. The molecule has 1 N–H and O–H groups in total. The number of esters is 1. The highest BCUT2D eigenvalue weighted by Crippen LogP contribution is 2.39. The van der Waals surface area contributed by atoms with Gasteiger partial charge in [-0.1, -0.05) is 18.2 Å². The van der Waals surface area contributed by atoms with Crippen LogP contribution in [0.1, 0.15) is 25.5 Å². The number of benzene rings is 1. The van der Waals surface area contributed by atoms with Crippen LogP contribution >= 0.6 is 0 Å². The Kier molecular flexibility index (Phi) is 3.72. The third-order valence-corrected chi connectivity index (χ3v) is 4.33. The normalized spacial score (nSPS) is 16.5. The van der Waals surface area contributed by atoms with Gasteiger partial charge in [-0.3, -0.25) is 9.55 Å². The summed E-state index contributed by atoms with van der Waals surface area (Å²) in [6, 6.07) is 11.4. The number of carbonyl (C=O) groups is 1. The number of nitrogens with zero attached hydrogens (tertiary/aromatic N) is 3. The van der Waals surface area contributed by atoms with E-state index in [1.807, 2.05) is 47.9 Å². The van der Waals surface area contributed by atoms with Gasteiger partial charge < -0.3 is 10.1 Å². The van der Waals surface area contributed by atoms with Gasteiger partial charge in [-0.15, -0.1) is 0 Å². The van der Waals surface area contributed by atoms with Gasteiger partial charge in [0, 0.05) is 18.1 Å². The van der Waals surface area contributed by atoms with E-state index >= 15 is 0 Å². The molecule has 25 heavy (non-hydrogen) atoms. The smallest absolute Gasteiger partial charge is 0.338 e. The number of hydrogen-bond donors (Lipinski definition) is 1. The molecule has 1 aliphatic heterocycles. The Morgan fingerprint density at radius 2 is 2.12 bits per heavy atom. The maximum absolute atomic E-state index is 12.7. The molecule has 0 amide bonds. The van der Waals surface area contributed by atoms with Crippen molar-refractivity contribution in [1.82, 2.24) is 14.5 Å². The van der Waals surface area contributed by atoms with Gasteiger partial charge in [0.05, 0.1) is 29.3 Å². The average Bonchev–Trinajstić information content (AvgIpc) is 2.99. The van der Waals surface area contributed by atoms with Crippen molar-refractivity contribution in [3.8, 4) is 0 Å². The van der Waals surface area contributed by atoms with Gasteiger partial charge in [0.1, 0.15) is 0 Å². The molecule has 0 aliphatic carbocycles. The first kappa shape index (κ1) is 15.4. The predicted molar refractivity (Wildman–Crippen MR) is 95.1 cm³/mol. The third-order valence-electron chi connectivity index (χ3n) is 4.33. The molecule has 2 aromatic heterocycles. The number of nitrogens with one attached hydrogen (secondary N) is 1. The maximum Gasteiger partial charge on any atom is 0.338 e. The van der Waals surface area contributed by atoms with Gasteiger partial charge in [-0.25, -0.2) is 9.78 Å². The second-order valence-corrected chi connectivity index (χ2v) is 5.87. The molecular formula is C19H18N4O2. The summed E-state index contributed by atoms with van der Waals surface area (Å²) in [6.07, 6.45) is 3.50. The first-order valence-corrected chi connectivity index (χ1v) is 8.22. The Morgan fingerprint density at radius 1 is 1.28 bits per heavy atom. The number of carbonyl (C=O) groups excluding carboxylic acids is 1. The summed E-state index contributed by atoms with van der Waals surface area (Å²) >= 11 is 0. The molecule has 1 aliphatic rings. The van der Waals surface area contributed by atoms with Crippen molar-refractivity contribution in [3.63, 3.8) is 0 Å². The monoisotopic (exact) mass is 334 g/mol. The minimum Gasteiger partial charge on any atom is -0.463 e. The highest BCUT2D eigenvalue weighted by atomic mass is 16.5. The molecule has 1 atom stereocenters. The van der Waals surface area contributed by atoms with Crippen molar-refractivity contribution in [3.05, 3.63) is 65.6 Å². The maximum atomic E-state index is 12.7. The van der Waals surface area contributed by atoms with Crippen LogP contribution in [0.5, 0.6) is 0 Å². The summed E-state index contributed by atoms with van der Waals surface area (Å²) in [7, 11) is 0. The number of fused-ring (bicyclic) bond motifs is 3. The lowest BCUT2D eigenvalue weighted by Crippen LogP contribution is -2.29. The van der Waals surface area contributed by atoms with Crippen LogP contribution in [-0.4, -0.2) is 27.1 Å². The number of hydrogen-bond acceptors (Lipinski definition) is 5. The second kappa shape index (κ2) is 6.05. The molecule has 0 spiro atoms. The van der Waals surface area contributed by atoms with Gasteiger partial charge >= 0.3 is 5.97 Å². The highest BCUT2D eigenvalue weighted by Gasteiger charge is 2.34. The lowest BCUT2D eigenvalue weighted by molar-refractivity contribution is -0.139. The van der Waals surface area contributed by atoms with Crippen LogP contribution in [0.3, 0.4) is 0 Å². The summed E-state index contributed by atoms with van der Waals surface area (Å²) in [6.45, 7) is 4.01. The Hall–Kier alpha value is -3.15. The zero-order valence-electron chi connectivity index (χ0n) is 14.1. The van der Waals surface area contributed by atoms with Crippen LogP contribution in [0.15, 0.2) is 60.1 Å². The Balaban J connectivity index is 1.98. The minimum absolute atomic E-state index is 0.326. The molecule has 126 valence electrons. The van der Waals surface area contributed by atoms with E-state index in [9.17, 15) is 4.79 Å².